The fourth-order valence-corrected chi connectivity index (χ4v) is 2.43. The van der Waals surface area contributed by atoms with Gasteiger partial charge in [0.15, 0.2) is 0 Å². The summed E-state index contributed by atoms with van der Waals surface area (Å²) in [6.07, 6.45) is 4.85. The van der Waals surface area contributed by atoms with Gasteiger partial charge in [-0.2, -0.15) is 0 Å². The minimum Gasteiger partial charge on any atom is -0.343 e. The first-order valence-electron chi connectivity index (χ1n) is 7.79. The molecule has 0 aromatic carbocycles. The molecule has 116 valence electrons. The highest BCUT2D eigenvalue weighted by Gasteiger charge is 2.10. The van der Waals surface area contributed by atoms with Crippen molar-refractivity contribution in [1.82, 2.24) is 14.9 Å². The fourth-order valence-electron chi connectivity index (χ4n) is 2.43. The van der Waals surface area contributed by atoms with Gasteiger partial charge in [-0.25, -0.2) is 0 Å². The van der Waals surface area contributed by atoms with Crippen LogP contribution in [0.3, 0.4) is 0 Å². The number of carbonyl (C=O) groups is 1. The normalized spacial score (nSPS) is 10.5. The van der Waals surface area contributed by atoms with Gasteiger partial charge in [0.05, 0.1) is 11.4 Å². The van der Waals surface area contributed by atoms with E-state index in [1.54, 1.807) is 12.4 Å². The molecule has 0 saturated heterocycles. The van der Waals surface area contributed by atoms with Crippen LogP contribution in [-0.2, 0) is 11.2 Å². The third-order valence-electron chi connectivity index (χ3n) is 3.75. The first-order chi connectivity index (χ1) is 10.6. The Kier molecular flexibility index (Phi) is 5.64. The first-order valence-corrected chi connectivity index (χ1v) is 7.79. The molecule has 2 heterocycles. The molecule has 0 unspecified atom stereocenters. The standard InChI is InChI=1S/C18H23N3O/c1-4-21(5-2)18(22)7-6-15-9-11-20-17(13-15)16-12-14(3)8-10-19-16/h8-13H,4-7H2,1-3H3. The Balaban J connectivity index is 2.07. The molecule has 0 bridgehead atoms. The Morgan fingerprint density at radius 1 is 1.05 bits per heavy atom. The molecular formula is C18H23N3O. The number of amides is 1. The number of nitrogens with zero attached hydrogens (tertiary/aromatic N) is 3. The minimum absolute atomic E-state index is 0.206. The molecule has 2 aromatic rings. The molecule has 4 nitrogen and oxygen atoms in total. The zero-order valence-corrected chi connectivity index (χ0v) is 13.5. The minimum atomic E-state index is 0.206. The first kappa shape index (κ1) is 16.1. The van der Waals surface area contributed by atoms with Crippen LogP contribution in [0, 0.1) is 6.92 Å². The van der Waals surface area contributed by atoms with Crippen LogP contribution in [0.4, 0.5) is 0 Å². The zero-order chi connectivity index (χ0) is 15.9. The van der Waals surface area contributed by atoms with Crippen LogP contribution in [0.5, 0.6) is 0 Å². The quantitative estimate of drug-likeness (QED) is 0.822. The molecule has 0 aliphatic heterocycles. The maximum atomic E-state index is 12.1. The average molecular weight is 297 g/mol. The van der Waals surface area contributed by atoms with Crippen molar-refractivity contribution in [3.05, 3.63) is 47.8 Å². The molecule has 0 fully saturated rings. The number of hydrogen-bond acceptors (Lipinski definition) is 3. The number of aryl methyl sites for hydroxylation is 2. The van der Waals surface area contributed by atoms with Crippen molar-refractivity contribution in [1.29, 1.82) is 0 Å². The Bertz CT molecular complexity index is 636. The largest absolute Gasteiger partial charge is 0.343 e. The van der Waals surface area contributed by atoms with Gasteiger partial charge >= 0.3 is 0 Å². The Hall–Kier alpha value is -2.23. The van der Waals surface area contributed by atoms with Crippen LogP contribution in [0.25, 0.3) is 11.4 Å². The molecule has 0 N–H and O–H groups in total. The molecular weight excluding hydrogens is 274 g/mol. The lowest BCUT2D eigenvalue weighted by Gasteiger charge is -2.18. The van der Waals surface area contributed by atoms with Crippen LogP contribution in [0.15, 0.2) is 36.7 Å². The lowest BCUT2D eigenvalue weighted by Crippen LogP contribution is -2.30. The van der Waals surface area contributed by atoms with Crippen molar-refractivity contribution in [3.8, 4) is 11.4 Å². The summed E-state index contributed by atoms with van der Waals surface area (Å²) < 4.78 is 0. The SMILES string of the molecule is CCN(CC)C(=O)CCc1ccnc(-c2cc(C)ccn2)c1. The van der Waals surface area contributed by atoms with Crippen molar-refractivity contribution in [3.63, 3.8) is 0 Å². The molecule has 0 aliphatic rings. The van der Waals surface area contributed by atoms with Crippen molar-refractivity contribution in [2.75, 3.05) is 13.1 Å². The van der Waals surface area contributed by atoms with Gasteiger partial charge in [0.25, 0.3) is 0 Å². The van der Waals surface area contributed by atoms with E-state index in [0.29, 0.717) is 6.42 Å². The summed E-state index contributed by atoms with van der Waals surface area (Å²) in [5, 5.41) is 0. The Morgan fingerprint density at radius 3 is 2.32 bits per heavy atom. The van der Waals surface area contributed by atoms with E-state index in [-0.39, 0.29) is 5.91 Å². The zero-order valence-electron chi connectivity index (χ0n) is 13.5. The lowest BCUT2D eigenvalue weighted by atomic mass is 10.1. The van der Waals surface area contributed by atoms with Gasteiger partial charge in [0.1, 0.15) is 0 Å². The summed E-state index contributed by atoms with van der Waals surface area (Å²) in [6.45, 7) is 7.59. The molecule has 2 aromatic heterocycles. The topological polar surface area (TPSA) is 46.1 Å². The fraction of sp³-hybridized carbons (Fsp3) is 0.389. The molecule has 0 atom stereocenters. The second kappa shape index (κ2) is 7.69. The maximum absolute atomic E-state index is 12.1. The monoisotopic (exact) mass is 297 g/mol. The van der Waals surface area contributed by atoms with Gasteiger partial charge in [-0.05, 0) is 62.6 Å². The van der Waals surface area contributed by atoms with E-state index in [0.717, 1.165) is 42.0 Å². The van der Waals surface area contributed by atoms with Crippen LogP contribution in [-0.4, -0.2) is 33.9 Å². The highest BCUT2D eigenvalue weighted by Crippen LogP contribution is 2.17. The van der Waals surface area contributed by atoms with Gasteiger partial charge in [-0.1, -0.05) is 0 Å². The van der Waals surface area contributed by atoms with Gasteiger partial charge in [-0.15, -0.1) is 0 Å². The number of aromatic nitrogens is 2. The van der Waals surface area contributed by atoms with E-state index in [1.165, 1.54) is 0 Å². The third kappa shape index (κ3) is 4.13. The molecule has 4 heteroatoms. The number of carbonyl (C=O) groups excluding carboxylic acids is 1. The van der Waals surface area contributed by atoms with Gasteiger partial charge < -0.3 is 4.90 Å². The van der Waals surface area contributed by atoms with E-state index in [2.05, 4.69) is 9.97 Å². The van der Waals surface area contributed by atoms with Crippen molar-refractivity contribution >= 4 is 5.91 Å². The lowest BCUT2D eigenvalue weighted by molar-refractivity contribution is -0.130. The maximum Gasteiger partial charge on any atom is 0.222 e. The van der Waals surface area contributed by atoms with Crippen molar-refractivity contribution in [2.24, 2.45) is 0 Å². The van der Waals surface area contributed by atoms with E-state index in [9.17, 15) is 4.79 Å². The van der Waals surface area contributed by atoms with E-state index in [4.69, 9.17) is 0 Å². The van der Waals surface area contributed by atoms with Crippen LogP contribution in [0.1, 0.15) is 31.4 Å². The van der Waals surface area contributed by atoms with Crippen LogP contribution < -0.4 is 0 Å². The van der Waals surface area contributed by atoms with E-state index < -0.39 is 0 Å². The molecule has 0 spiro atoms. The van der Waals surface area contributed by atoms with Crippen LogP contribution in [0.2, 0.25) is 0 Å². The Morgan fingerprint density at radius 2 is 1.68 bits per heavy atom. The molecule has 0 radical (unpaired) electrons. The van der Waals surface area contributed by atoms with Crippen LogP contribution >= 0.6 is 0 Å². The highest BCUT2D eigenvalue weighted by atomic mass is 16.2. The summed E-state index contributed by atoms with van der Waals surface area (Å²) in [6, 6.07) is 7.98. The predicted octanol–water partition coefficient (Wildman–Crippen LogP) is 3.25. The highest BCUT2D eigenvalue weighted by molar-refractivity contribution is 5.76. The number of pyridine rings is 2. The smallest absolute Gasteiger partial charge is 0.222 e. The van der Waals surface area contributed by atoms with Gasteiger partial charge in [0.2, 0.25) is 5.91 Å². The molecule has 2 rings (SSSR count). The van der Waals surface area contributed by atoms with E-state index in [1.807, 2.05) is 49.9 Å². The second-order valence-corrected chi connectivity index (χ2v) is 5.33. The molecule has 0 saturated carbocycles. The summed E-state index contributed by atoms with van der Waals surface area (Å²) in [7, 11) is 0. The van der Waals surface area contributed by atoms with E-state index >= 15 is 0 Å². The molecule has 0 aliphatic carbocycles. The molecule has 22 heavy (non-hydrogen) atoms. The summed E-state index contributed by atoms with van der Waals surface area (Å²) in [5.74, 6) is 0.206. The van der Waals surface area contributed by atoms with Crippen molar-refractivity contribution in [2.45, 2.75) is 33.6 Å². The third-order valence-corrected chi connectivity index (χ3v) is 3.75. The van der Waals surface area contributed by atoms with Gasteiger partial charge in [0, 0.05) is 31.9 Å². The average Bonchev–Trinajstić information content (AvgIpc) is 2.54. The molecule has 1 amide bonds. The summed E-state index contributed by atoms with van der Waals surface area (Å²) in [5.41, 5.74) is 4.01. The van der Waals surface area contributed by atoms with Crippen molar-refractivity contribution < 1.29 is 4.79 Å². The summed E-state index contributed by atoms with van der Waals surface area (Å²) in [4.78, 5) is 22.7. The van der Waals surface area contributed by atoms with Gasteiger partial charge in [-0.3, -0.25) is 14.8 Å². The number of hydrogen-bond donors (Lipinski definition) is 0. The predicted molar refractivity (Wildman–Crippen MR) is 88.5 cm³/mol. The Labute approximate surface area is 132 Å². The second-order valence-electron chi connectivity index (χ2n) is 5.33. The number of rotatable bonds is 6. The summed E-state index contributed by atoms with van der Waals surface area (Å²) >= 11 is 0.